The van der Waals surface area contributed by atoms with Gasteiger partial charge in [-0.3, -0.25) is 14.4 Å². The molecule has 2 N–H and O–H groups in total. The van der Waals surface area contributed by atoms with Gasteiger partial charge in [-0.15, -0.1) is 0 Å². The maximum absolute atomic E-state index is 15.3. The van der Waals surface area contributed by atoms with Crippen LogP contribution in [-0.2, 0) is 11.3 Å². The van der Waals surface area contributed by atoms with E-state index in [1.54, 1.807) is 44.6 Å². The van der Waals surface area contributed by atoms with E-state index >= 15 is 4.39 Å². The molecular weight excluding hydrogens is 657 g/mol. The number of aromatic carboxylic acids is 1. The number of nitrogens with one attached hydrogen (secondary N) is 1. The number of carboxylic acids is 1. The minimum atomic E-state index is -1.32. The molecule has 3 heterocycles. The van der Waals surface area contributed by atoms with Gasteiger partial charge in [-0.2, -0.15) is 4.57 Å². The Kier molecular flexibility index (Phi) is 12.3. The fourth-order valence-electron chi connectivity index (χ4n) is 5.98. The predicted molar refractivity (Wildman–Crippen MR) is 169 cm³/mol. The normalized spacial score (nSPS) is 14.7. The molecule has 1 aromatic carbocycles. The van der Waals surface area contributed by atoms with Crippen molar-refractivity contribution >= 4 is 34.4 Å². The third-order valence-corrected chi connectivity index (χ3v) is 8.75. The number of hydrogen-bond acceptors (Lipinski definition) is 5. The summed E-state index contributed by atoms with van der Waals surface area (Å²) in [4.78, 5) is 53.5. The van der Waals surface area contributed by atoms with Crippen molar-refractivity contribution < 1.29 is 45.4 Å². The van der Waals surface area contributed by atoms with Gasteiger partial charge in [-0.1, -0.05) is 45.4 Å². The van der Waals surface area contributed by atoms with E-state index in [4.69, 9.17) is 0 Å². The zero-order valence-corrected chi connectivity index (χ0v) is 27.9. The SMILES string of the molecule is CCCCCCCCCNC(=O)C[n+]1ccc(C(=O)N2CCN(c3cc4c(cc3F)c(=O)c(C(=O)O)cn4C3CC3)CC2)cc1.[Br-]. The summed E-state index contributed by atoms with van der Waals surface area (Å²) >= 11 is 0. The van der Waals surface area contributed by atoms with Crippen molar-refractivity contribution in [3.05, 3.63) is 70.0 Å². The van der Waals surface area contributed by atoms with E-state index in [-0.39, 0.29) is 52.3 Å². The van der Waals surface area contributed by atoms with E-state index in [1.807, 2.05) is 4.90 Å². The number of benzene rings is 1. The van der Waals surface area contributed by atoms with Gasteiger partial charge in [-0.05, 0) is 31.4 Å². The molecule has 10 nitrogen and oxygen atoms in total. The van der Waals surface area contributed by atoms with Gasteiger partial charge >= 0.3 is 5.97 Å². The number of pyridine rings is 2. The Morgan fingerprint density at radius 1 is 0.978 bits per heavy atom. The molecule has 1 saturated heterocycles. The molecular formula is C34H43BrFN5O5. The van der Waals surface area contributed by atoms with E-state index in [1.165, 1.54) is 38.3 Å². The average molecular weight is 701 g/mol. The predicted octanol–water partition coefficient (Wildman–Crippen LogP) is 1.29. The minimum Gasteiger partial charge on any atom is -1.00 e. The van der Waals surface area contributed by atoms with Crippen LogP contribution in [0.25, 0.3) is 10.9 Å². The quantitative estimate of drug-likeness (QED) is 0.194. The first kappa shape index (κ1) is 35.1. The van der Waals surface area contributed by atoms with Crippen LogP contribution in [0, 0.1) is 5.82 Å². The van der Waals surface area contributed by atoms with Gasteiger partial charge in [0.1, 0.15) is 11.4 Å². The second-order valence-corrected chi connectivity index (χ2v) is 12.1. The van der Waals surface area contributed by atoms with E-state index in [0.29, 0.717) is 49.5 Å². The smallest absolute Gasteiger partial charge is 0.341 e. The van der Waals surface area contributed by atoms with Crippen LogP contribution in [0.5, 0.6) is 0 Å². The number of fused-ring (bicyclic) bond motifs is 1. The second kappa shape index (κ2) is 16.2. The third-order valence-electron chi connectivity index (χ3n) is 8.75. The molecule has 0 unspecified atom stereocenters. The lowest BCUT2D eigenvalue weighted by atomic mass is 10.1. The monoisotopic (exact) mass is 699 g/mol. The summed E-state index contributed by atoms with van der Waals surface area (Å²) < 4.78 is 18.9. The highest BCUT2D eigenvalue weighted by Crippen LogP contribution is 2.38. The summed E-state index contributed by atoms with van der Waals surface area (Å²) in [5, 5.41) is 12.5. The summed E-state index contributed by atoms with van der Waals surface area (Å²) in [5.41, 5.74) is 0.317. The standard InChI is InChI=1S/C34H42FN5O5.BrH/c1-2-3-4-5-6-7-8-13-36-31(41)23-37-14-11-24(12-15-37)33(43)39-18-16-38(17-19-39)30-21-29-26(20-28(30)35)32(42)27(34(44)45)22-40(29)25-9-10-25;/h11-12,14-15,20-22,25H,2-10,13,16-19,23H2,1H3,(H-,36,41,44,45);1H. The molecule has 1 aliphatic carbocycles. The van der Waals surface area contributed by atoms with Gasteiger partial charge in [0.2, 0.25) is 12.0 Å². The van der Waals surface area contributed by atoms with Crippen molar-refractivity contribution in [2.24, 2.45) is 0 Å². The van der Waals surface area contributed by atoms with E-state index < -0.39 is 17.2 Å². The van der Waals surface area contributed by atoms with Crippen molar-refractivity contribution in [1.82, 2.24) is 14.8 Å². The van der Waals surface area contributed by atoms with E-state index in [9.17, 15) is 24.3 Å². The van der Waals surface area contributed by atoms with Crippen LogP contribution in [0.4, 0.5) is 10.1 Å². The number of amides is 2. The van der Waals surface area contributed by atoms with Crippen LogP contribution in [0.15, 0.2) is 47.7 Å². The molecule has 46 heavy (non-hydrogen) atoms. The van der Waals surface area contributed by atoms with Crippen LogP contribution < -0.4 is 37.2 Å². The largest absolute Gasteiger partial charge is 1.00 e. The zero-order chi connectivity index (χ0) is 31.9. The lowest BCUT2D eigenvalue weighted by molar-refractivity contribution is -0.684. The van der Waals surface area contributed by atoms with Crippen molar-refractivity contribution in [1.29, 1.82) is 0 Å². The van der Waals surface area contributed by atoms with Crippen LogP contribution >= 0.6 is 0 Å². The molecule has 3 aromatic rings. The zero-order valence-electron chi connectivity index (χ0n) is 26.4. The lowest BCUT2D eigenvalue weighted by Gasteiger charge is -2.36. The van der Waals surface area contributed by atoms with Crippen LogP contribution in [0.2, 0.25) is 0 Å². The average Bonchev–Trinajstić information content (AvgIpc) is 3.88. The number of unbranched alkanes of at least 4 members (excludes halogenated alkanes) is 6. The number of aromatic nitrogens is 2. The fourth-order valence-corrected chi connectivity index (χ4v) is 5.98. The van der Waals surface area contributed by atoms with E-state index in [0.717, 1.165) is 31.7 Å². The number of anilines is 1. The lowest BCUT2D eigenvalue weighted by Crippen LogP contribution is -3.00. The Hall–Kier alpha value is -3.80. The molecule has 2 aromatic heterocycles. The van der Waals surface area contributed by atoms with Gasteiger partial charge < -0.3 is 41.8 Å². The van der Waals surface area contributed by atoms with Crippen molar-refractivity contribution in [2.75, 3.05) is 37.6 Å². The number of halogens is 2. The molecule has 0 radical (unpaired) electrons. The topological polar surface area (TPSA) is 116 Å². The Morgan fingerprint density at radius 2 is 1.63 bits per heavy atom. The number of nitrogens with zero attached hydrogens (tertiary/aromatic N) is 4. The third kappa shape index (κ3) is 8.51. The molecule has 2 aliphatic rings. The number of piperazine rings is 1. The number of carbonyl (C=O) groups is 3. The minimum absolute atomic E-state index is 0. The van der Waals surface area contributed by atoms with Gasteiger partial charge in [0.25, 0.3) is 11.8 Å². The molecule has 2 amide bonds. The maximum atomic E-state index is 15.3. The second-order valence-electron chi connectivity index (χ2n) is 12.1. The number of carbonyl (C=O) groups excluding carboxylic acids is 2. The van der Waals surface area contributed by atoms with Crippen LogP contribution in [0.3, 0.4) is 0 Å². The Bertz CT molecular complexity index is 1600. The highest BCUT2D eigenvalue weighted by atomic mass is 79.9. The molecule has 248 valence electrons. The van der Waals surface area contributed by atoms with Gasteiger partial charge in [0, 0.05) is 62.5 Å². The summed E-state index contributed by atoms with van der Waals surface area (Å²) in [6.07, 6.45) is 14.9. The Labute approximate surface area is 279 Å². The fraction of sp³-hybridized carbons (Fsp3) is 0.500. The first-order valence-corrected chi connectivity index (χ1v) is 16.2. The van der Waals surface area contributed by atoms with E-state index in [2.05, 4.69) is 12.2 Å². The highest BCUT2D eigenvalue weighted by molar-refractivity contribution is 5.95. The molecule has 1 saturated carbocycles. The maximum Gasteiger partial charge on any atom is 0.341 e. The summed E-state index contributed by atoms with van der Waals surface area (Å²) in [7, 11) is 0. The van der Waals surface area contributed by atoms with Gasteiger partial charge in [-0.25, -0.2) is 9.18 Å². The number of rotatable bonds is 14. The molecule has 0 spiro atoms. The molecule has 2 fully saturated rings. The summed E-state index contributed by atoms with van der Waals surface area (Å²) in [6, 6.07) is 6.29. The van der Waals surface area contributed by atoms with Crippen LogP contribution in [-0.4, -0.2) is 65.1 Å². The van der Waals surface area contributed by atoms with Crippen molar-refractivity contribution in [2.45, 2.75) is 77.3 Å². The molecule has 5 rings (SSSR count). The molecule has 1 aliphatic heterocycles. The molecule has 0 atom stereocenters. The van der Waals surface area contributed by atoms with Crippen molar-refractivity contribution in [3.8, 4) is 0 Å². The summed E-state index contributed by atoms with van der Waals surface area (Å²) in [5.74, 6) is -2.11. The molecule has 12 heteroatoms. The first-order chi connectivity index (χ1) is 21.8. The number of hydrogen-bond donors (Lipinski definition) is 2. The Balaban J connectivity index is 0.00000480. The summed E-state index contributed by atoms with van der Waals surface area (Å²) in [6.45, 7) is 4.65. The number of carboxylic acid groups (broad SMARTS) is 1. The van der Waals surface area contributed by atoms with Crippen LogP contribution in [0.1, 0.15) is 91.5 Å². The molecule has 0 bridgehead atoms. The van der Waals surface area contributed by atoms with Crippen molar-refractivity contribution in [3.63, 3.8) is 0 Å². The Morgan fingerprint density at radius 3 is 2.26 bits per heavy atom. The first-order valence-electron chi connectivity index (χ1n) is 16.2. The van der Waals surface area contributed by atoms with Gasteiger partial charge in [0.15, 0.2) is 12.4 Å². The van der Waals surface area contributed by atoms with Gasteiger partial charge in [0.05, 0.1) is 16.8 Å². The highest BCUT2D eigenvalue weighted by Gasteiger charge is 2.29.